The lowest BCUT2D eigenvalue weighted by atomic mass is 10.1. The summed E-state index contributed by atoms with van der Waals surface area (Å²) in [4.78, 5) is 3.85. The topological polar surface area (TPSA) is 67.6 Å². The van der Waals surface area contributed by atoms with E-state index in [-0.39, 0.29) is 17.9 Å². The number of halogens is 2. The summed E-state index contributed by atoms with van der Waals surface area (Å²) in [5.41, 5.74) is 5.36. The molecule has 3 N–H and O–H groups in total. The Morgan fingerprint density at radius 1 is 1.19 bits per heavy atom. The summed E-state index contributed by atoms with van der Waals surface area (Å²) in [6.07, 6.45) is 0.579. The Labute approximate surface area is 90.5 Å². The molecule has 6 heteroatoms. The molecule has 1 aromatic carbocycles. The van der Waals surface area contributed by atoms with Crippen LogP contribution in [-0.4, -0.2) is 15.2 Å². The van der Waals surface area contributed by atoms with Crippen molar-refractivity contribution in [2.45, 2.75) is 12.8 Å². The largest absolute Gasteiger partial charge is 0.367 e. The zero-order valence-electron chi connectivity index (χ0n) is 8.37. The van der Waals surface area contributed by atoms with E-state index in [0.29, 0.717) is 12.2 Å². The molecule has 0 saturated heterocycles. The third-order valence-corrected chi connectivity index (χ3v) is 2.22. The molecular weight excluding hydrogens is 214 g/mol. The van der Waals surface area contributed by atoms with Gasteiger partial charge in [0.25, 0.3) is 0 Å². The van der Waals surface area contributed by atoms with E-state index in [1.54, 1.807) is 0 Å². The van der Waals surface area contributed by atoms with Crippen molar-refractivity contribution in [2.75, 3.05) is 5.73 Å². The molecule has 0 atom stereocenters. The maximum atomic E-state index is 13.2. The summed E-state index contributed by atoms with van der Waals surface area (Å²) in [5, 5.41) is 6.21. The fourth-order valence-electron chi connectivity index (χ4n) is 1.44. The number of benzene rings is 1. The quantitative estimate of drug-likeness (QED) is 0.829. The zero-order valence-corrected chi connectivity index (χ0v) is 8.37. The highest BCUT2D eigenvalue weighted by Gasteiger charge is 2.09. The summed E-state index contributed by atoms with van der Waals surface area (Å²) in [6.45, 7) is 0. The second-order valence-electron chi connectivity index (χ2n) is 3.34. The normalized spacial score (nSPS) is 10.6. The highest BCUT2D eigenvalue weighted by molar-refractivity contribution is 5.21. The molecule has 2 aromatic rings. The minimum atomic E-state index is -0.549. The fraction of sp³-hybridized carbons (Fsp3) is 0.200. The second kappa shape index (κ2) is 4.26. The van der Waals surface area contributed by atoms with Crippen molar-refractivity contribution in [3.63, 3.8) is 0 Å². The number of nitrogens with zero attached hydrogens (tertiary/aromatic N) is 2. The molecule has 16 heavy (non-hydrogen) atoms. The molecule has 84 valence electrons. The van der Waals surface area contributed by atoms with E-state index in [1.165, 1.54) is 18.2 Å². The van der Waals surface area contributed by atoms with Gasteiger partial charge in [0.2, 0.25) is 5.95 Å². The van der Waals surface area contributed by atoms with Crippen molar-refractivity contribution < 1.29 is 8.78 Å². The van der Waals surface area contributed by atoms with Crippen LogP contribution in [-0.2, 0) is 12.8 Å². The van der Waals surface area contributed by atoms with Gasteiger partial charge in [-0.2, -0.15) is 4.98 Å². The number of hydrogen-bond acceptors (Lipinski definition) is 3. The highest BCUT2D eigenvalue weighted by Crippen LogP contribution is 2.14. The van der Waals surface area contributed by atoms with Crippen LogP contribution in [0.1, 0.15) is 11.4 Å². The van der Waals surface area contributed by atoms with Gasteiger partial charge in [-0.15, -0.1) is 5.10 Å². The maximum Gasteiger partial charge on any atom is 0.239 e. The maximum absolute atomic E-state index is 13.2. The first kappa shape index (κ1) is 10.5. The predicted octanol–water partition coefficient (Wildman–Crippen LogP) is 1.45. The third kappa shape index (κ3) is 2.16. The van der Waals surface area contributed by atoms with Crippen LogP contribution in [0.2, 0.25) is 0 Å². The number of aromatic nitrogens is 3. The highest BCUT2D eigenvalue weighted by atomic mass is 19.1. The van der Waals surface area contributed by atoms with Crippen molar-refractivity contribution in [3.8, 4) is 0 Å². The number of anilines is 1. The average molecular weight is 224 g/mol. The Kier molecular flexibility index (Phi) is 2.80. The van der Waals surface area contributed by atoms with Gasteiger partial charge in [0.15, 0.2) is 0 Å². The Bertz CT molecular complexity index is 475. The van der Waals surface area contributed by atoms with E-state index >= 15 is 0 Å². The van der Waals surface area contributed by atoms with Gasteiger partial charge in [-0.25, -0.2) is 8.78 Å². The SMILES string of the molecule is Nc1n[nH]c(CCc2c(F)cccc2F)n1. The standard InChI is InChI=1S/C10H10F2N4/c11-7-2-1-3-8(12)6(7)4-5-9-14-10(13)16-15-9/h1-3H,4-5H2,(H3,13,14,15,16). The Balaban J connectivity index is 2.10. The molecule has 0 amide bonds. The van der Waals surface area contributed by atoms with Crippen LogP contribution in [0.15, 0.2) is 18.2 Å². The number of nitrogens with two attached hydrogens (primary N) is 1. The van der Waals surface area contributed by atoms with Crippen molar-refractivity contribution >= 4 is 5.95 Å². The summed E-state index contributed by atoms with van der Waals surface area (Å²) in [7, 11) is 0. The number of nitrogens with one attached hydrogen (secondary N) is 1. The van der Waals surface area contributed by atoms with Gasteiger partial charge in [0.05, 0.1) is 0 Å². The van der Waals surface area contributed by atoms with E-state index < -0.39 is 11.6 Å². The zero-order chi connectivity index (χ0) is 11.5. The van der Waals surface area contributed by atoms with Crippen molar-refractivity contribution in [3.05, 3.63) is 41.2 Å². The fourth-order valence-corrected chi connectivity index (χ4v) is 1.44. The van der Waals surface area contributed by atoms with Crippen molar-refractivity contribution in [1.29, 1.82) is 0 Å². The number of rotatable bonds is 3. The second-order valence-corrected chi connectivity index (χ2v) is 3.34. The van der Waals surface area contributed by atoms with Gasteiger partial charge >= 0.3 is 0 Å². The smallest absolute Gasteiger partial charge is 0.239 e. The first-order valence-corrected chi connectivity index (χ1v) is 4.76. The van der Waals surface area contributed by atoms with Crippen LogP contribution in [0.5, 0.6) is 0 Å². The minimum Gasteiger partial charge on any atom is -0.367 e. The molecule has 0 spiro atoms. The van der Waals surface area contributed by atoms with Gasteiger partial charge in [-0.3, -0.25) is 5.10 Å². The molecule has 1 heterocycles. The van der Waals surface area contributed by atoms with E-state index in [4.69, 9.17) is 5.73 Å². The van der Waals surface area contributed by atoms with Crippen molar-refractivity contribution in [2.24, 2.45) is 0 Å². The van der Waals surface area contributed by atoms with E-state index in [2.05, 4.69) is 15.2 Å². The predicted molar refractivity (Wildman–Crippen MR) is 54.6 cm³/mol. The van der Waals surface area contributed by atoms with Gasteiger partial charge in [0, 0.05) is 12.0 Å². The Morgan fingerprint density at radius 2 is 1.88 bits per heavy atom. The Morgan fingerprint density at radius 3 is 2.44 bits per heavy atom. The van der Waals surface area contributed by atoms with Crippen LogP contribution >= 0.6 is 0 Å². The molecule has 4 nitrogen and oxygen atoms in total. The number of nitrogen functional groups attached to an aromatic ring is 1. The van der Waals surface area contributed by atoms with Gasteiger partial charge in [-0.05, 0) is 18.6 Å². The summed E-state index contributed by atoms with van der Waals surface area (Å²) in [5.74, 6) is -0.455. The van der Waals surface area contributed by atoms with Crippen LogP contribution in [0.3, 0.4) is 0 Å². The Hall–Kier alpha value is -1.98. The molecule has 0 unspecified atom stereocenters. The van der Waals surface area contributed by atoms with Crippen LogP contribution in [0, 0.1) is 11.6 Å². The lowest BCUT2D eigenvalue weighted by molar-refractivity contribution is 0.553. The molecule has 1 aromatic heterocycles. The first-order chi connectivity index (χ1) is 7.66. The summed E-state index contributed by atoms with van der Waals surface area (Å²) in [6, 6.07) is 3.79. The number of aromatic amines is 1. The van der Waals surface area contributed by atoms with Crippen LogP contribution < -0.4 is 5.73 Å². The molecule has 0 aliphatic carbocycles. The molecule has 0 bridgehead atoms. The van der Waals surface area contributed by atoms with Gasteiger partial charge in [0.1, 0.15) is 17.5 Å². The molecule has 0 saturated carbocycles. The van der Waals surface area contributed by atoms with Crippen molar-refractivity contribution in [1.82, 2.24) is 15.2 Å². The molecular formula is C10H10F2N4. The number of H-pyrrole nitrogens is 1. The average Bonchev–Trinajstić information content (AvgIpc) is 2.63. The molecule has 2 rings (SSSR count). The molecule has 0 radical (unpaired) electrons. The third-order valence-electron chi connectivity index (χ3n) is 2.22. The number of aryl methyl sites for hydroxylation is 1. The number of hydrogen-bond donors (Lipinski definition) is 2. The van der Waals surface area contributed by atoms with Crippen LogP contribution in [0.4, 0.5) is 14.7 Å². The van der Waals surface area contributed by atoms with Crippen LogP contribution in [0.25, 0.3) is 0 Å². The van der Waals surface area contributed by atoms with E-state index in [1.807, 2.05) is 0 Å². The summed E-state index contributed by atoms with van der Waals surface area (Å²) < 4.78 is 26.5. The summed E-state index contributed by atoms with van der Waals surface area (Å²) >= 11 is 0. The molecule has 0 aliphatic rings. The van der Waals surface area contributed by atoms with E-state index in [0.717, 1.165) is 0 Å². The minimum absolute atomic E-state index is 0.0532. The molecule has 0 aliphatic heterocycles. The molecule has 0 fully saturated rings. The monoisotopic (exact) mass is 224 g/mol. The lowest BCUT2D eigenvalue weighted by Crippen LogP contribution is -2.00. The van der Waals surface area contributed by atoms with Gasteiger partial charge < -0.3 is 5.73 Å². The lowest BCUT2D eigenvalue weighted by Gasteiger charge is -2.02. The first-order valence-electron chi connectivity index (χ1n) is 4.76. The van der Waals surface area contributed by atoms with E-state index in [9.17, 15) is 8.78 Å². The van der Waals surface area contributed by atoms with Gasteiger partial charge in [-0.1, -0.05) is 6.07 Å².